The molecule has 0 N–H and O–H groups in total. The molecule has 0 aromatic carbocycles. The number of halogens is 1. The van der Waals surface area contributed by atoms with Crippen LogP contribution in [0.4, 0.5) is 0 Å². The van der Waals surface area contributed by atoms with E-state index in [0.29, 0.717) is 24.5 Å². The van der Waals surface area contributed by atoms with Crippen LogP contribution in [0.5, 0.6) is 5.88 Å². The molecule has 4 nitrogen and oxygen atoms in total. The van der Waals surface area contributed by atoms with Crippen LogP contribution >= 0.6 is 15.9 Å². The predicted molar refractivity (Wildman–Crippen MR) is 71.4 cm³/mol. The van der Waals surface area contributed by atoms with Crippen LogP contribution in [0.2, 0.25) is 0 Å². The quantitative estimate of drug-likeness (QED) is 0.805. The van der Waals surface area contributed by atoms with Crippen molar-refractivity contribution in [3.63, 3.8) is 0 Å². The van der Waals surface area contributed by atoms with Crippen LogP contribution in [0.1, 0.15) is 25.0 Å². The van der Waals surface area contributed by atoms with Gasteiger partial charge in [-0.15, -0.1) is 0 Å². The van der Waals surface area contributed by atoms with Crippen molar-refractivity contribution in [2.24, 2.45) is 0 Å². The third kappa shape index (κ3) is 2.03. The molecule has 1 heterocycles. The lowest BCUT2D eigenvalue weighted by molar-refractivity contribution is -0.136. The molecule has 0 unspecified atom stereocenters. The number of carbonyl (C=O) groups is 1. The summed E-state index contributed by atoms with van der Waals surface area (Å²) in [6.45, 7) is 4.09. The second-order valence-electron chi connectivity index (χ2n) is 4.02. The summed E-state index contributed by atoms with van der Waals surface area (Å²) in [5.74, 6) is 0.273. The van der Waals surface area contributed by atoms with Crippen LogP contribution < -0.4 is 4.74 Å². The third-order valence-electron chi connectivity index (χ3n) is 2.89. The van der Waals surface area contributed by atoms with Crippen LogP contribution in [0.25, 0.3) is 5.57 Å². The Morgan fingerprint density at radius 2 is 2.28 bits per heavy atom. The second-order valence-corrected chi connectivity index (χ2v) is 4.88. The van der Waals surface area contributed by atoms with Crippen molar-refractivity contribution in [1.29, 1.82) is 0 Å². The molecule has 0 saturated heterocycles. The molecule has 0 aliphatic heterocycles. The van der Waals surface area contributed by atoms with E-state index < -0.39 is 0 Å². The zero-order valence-electron chi connectivity index (χ0n) is 10.5. The Hall–Kier alpha value is -1.36. The minimum absolute atomic E-state index is 0.289. The summed E-state index contributed by atoms with van der Waals surface area (Å²) >= 11 is 3.44. The number of allylic oxidation sites excluding steroid dienone is 1. The smallest absolute Gasteiger partial charge is 0.338 e. The summed E-state index contributed by atoms with van der Waals surface area (Å²) < 4.78 is 11.1. The van der Waals surface area contributed by atoms with Crippen molar-refractivity contribution in [2.75, 3.05) is 13.7 Å². The highest BCUT2D eigenvalue weighted by Crippen LogP contribution is 2.41. The van der Waals surface area contributed by atoms with Gasteiger partial charge in [-0.1, -0.05) is 5.57 Å². The van der Waals surface area contributed by atoms with Gasteiger partial charge in [-0.25, -0.2) is 9.78 Å². The molecule has 1 aromatic heterocycles. The molecule has 1 aliphatic rings. The van der Waals surface area contributed by atoms with E-state index in [4.69, 9.17) is 9.47 Å². The van der Waals surface area contributed by atoms with Gasteiger partial charge in [-0.3, -0.25) is 0 Å². The monoisotopic (exact) mass is 311 g/mol. The number of pyridine rings is 1. The SMILES string of the molecule is CCOC(=O)C1=C(C)Cc2c(OC)ncc(Br)c21. The first-order valence-electron chi connectivity index (χ1n) is 5.68. The first kappa shape index (κ1) is 13.1. The minimum Gasteiger partial charge on any atom is -0.481 e. The van der Waals surface area contributed by atoms with Gasteiger partial charge in [0.25, 0.3) is 0 Å². The van der Waals surface area contributed by atoms with E-state index in [2.05, 4.69) is 20.9 Å². The number of fused-ring (bicyclic) bond motifs is 1. The number of nitrogens with zero attached hydrogens (tertiary/aromatic N) is 1. The van der Waals surface area contributed by atoms with E-state index >= 15 is 0 Å². The Kier molecular flexibility index (Phi) is 3.71. The Morgan fingerprint density at radius 1 is 1.56 bits per heavy atom. The topological polar surface area (TPSA) is 48.4 Å². The lowest BCUT2D eigenvalue weighted by atomic mass is 10.1. The van der Waals surface area contributed by atoms with Gasteiger partial charge in [0.2, 0.25) is 5.88 Å². The van der Waals surface area contributed by atoms with Crippen LogP contribution in [0.3, 0.4) is 0 Å². The summed E-state index contributed by atoms with van der Waals surface area (Å²) in [6, 6.07) is 0. The molecule has 18 heavy (non-hydrogen) atoms. The van der Waals surface area contributed by atoms with Crippen LogP contribution in [-0.2, 0) is 16.0 Å². The largest absolute Gasteiger partial charge is 0.481 e. The molecule has 1 aliphatic carbocycles. The first-order chi connectivity index (χ1) is 8.60. The molecule has 0 radical (unpaired) electrons. The van der Waals surface area contributed by atoms with E-state index in [-0.39, 0.29) is 5.97 Å². The predicted octanol–water partition coefficient (Wildman–Crippen LogP) is 2.75. The molecule has 1 aromatic rings. The van der Waals surface area contributed by atoms with Crippen LogP contribution in [0.15, 0.2) is 16.2 Å². The van der Waals surface area contributed by atoms with Crippen molar-refractivity contribution in [3.05, 3.63) is 27.4 Å². The standard InChI is InChI=1S/C13H14BrNO3/c1-4-18-13(16)10-7(2)5-8-11(10)9(14)6-15-12(8)17-3/h6H,4-5H2,1-3H3. The van der Waals surface area contributed by atoms with Gasteiger partial charge in [-0.05, 0) is 29.8 Å². The number of methoxy groups -OCH3 is 1. The number of ether oxygens (including phenoxy) is 2. The molecule has 0 atom stereocenters. The highest BCUT2D eigenvalue weighted by atomic mass is 79.9. The molecule has 0 spiro atoms. The fraction of sp³-hybridized carbons (Fsp3) is 0.385. The number of carbonyl (C=O) groups excluding carboxylic acids is 1. The fourth-order valence-corrected chi connectivity index (χ4v) is 2.71. The molecular formula is C13H14BrNO3. The molecular weight excluding hydrogens is 298 g/mol. The maximum absolute atomic E-state index is 12.0. The van der Waals surface area contributed by atoms with E-state index in [1.165, 1.54) is 0 Å². The van der Waals surface area contributed by atoms with Crippen LogP contribution in [-0.4, -0.2) is 24.7 Å². The van der Waals surface area contributed by atoms with Crippen LogP contribution in [0, 0.1) is 0 Å². The van der Waals surface area contributed by atoms with Gasteiger partial charge in [0, 0.05) is 28.2 Å². The molecule has 96 valence electrons. The molecule has 0 fully saturated rings. The lowest BCUT2D eigenvalue weighted by Crippen LogP contribution is -2.07. The molecule has 0 saturated carbocycles. The fourth-order valence-electron chi connectivity index (χ4n) is 2.17. The van der Waals surface area contributed by atoms with Gasteiger partial charge in [-0.2, -0.15) is 0 Å². The third-order valence-corrected chi connectivity index (χ3v) is 3.49. The Bertz CT molecular complexity index is 537. The average molecular weight is 312 g/mol. The summed E-state index contributed by atoms with van der Waals surface area (Å²) in [7, 11) is 1.58. The molecule has 0 amide bonds. The minimum atomic E-state index is -0.289. The number of esters is 1. The van der Waals surface area contributed by atoms with E-state index in [0.717, 1.165) is 21.2 Å². The van der Waals surface area contributed by atoms with Crippen molar-refractivity contribution in [3.8, 4) is 5.88 Å². The highest BCUT2D eigenvalue weighted by Gasteiger charge is 2.30. The normalized spacial score (nSPS) is 13.6. The summed E-state index contributed by atoms with van der Waals surface area (Å²) in [5, 5.41) is 0. The molecule has 0 bridgehead atoms. The van der Waals surface area contributed by atoms with Gasteiger partial charge in [0.05, 0.1) is 19.3 Å². The van der Waals surface area contributed by atoms with Gasteiger partial charge in [0.1, 0.15) is 0 Å². The average Bonchev–Trinajstić information content (AvgIpc) is 2.68. The Labute approximate surface area is 114 Å². The van der Waals surface area contributed by atoms with Gasteiger partial charge < -0.3 is 9.47 Å². The summed E-state index contributed by atoms with van der Waals surface area (Å²) in [4.78, 5) is 16.2. The van der Waals surface area contributed by atoms with Gasteiger partial charge >= 0.3 is 5.97 Å². The zero-order valence-corrected chi connectivity index (χ0v) is 12.1. The number of rotatable bonds is 3. The number of hydrogen-bond acceptors (Lipinski definition) is 4. The van der Waals surface area contributed by atoms with Crippen molar-refractivity contribution in [1.82, 2.24) is 4.98 Å². The van der Waals surface area contributed by atoms with E-state index in [9.17, 15) is 4.79 Å². The number of aromatic nitrogens is 1. The number of hydrogen-bond donors (Lipinski definition) is 0. The van der Waals surface area contributed by atoms with Crippen molar-refractivity contribution in [2.45, 2.75) is 20.3 Å². The first-order valence-corrected chi connectivity index (χ1v) is 6.48. The highest BCUT2D eigenvalue weighted by molar-refractivity contribution is 9.10. The Balaban J connectivity index is 2.55. The maximum atomic E-state index is 12.0. The van der Waals surface area contributed by atoms with E-state index in [1.54, 1.807) is 20.2 Å². The molecule has 5 heteroatoms. The summed E-state index contributed by atoms with van der Waals surface area (Å²) in [6.07, 6.45) is 2.31. The van der Waals surface area contributed by atoms with Crippen molar-refractivity contribution < 1.29 is 14.3 Å². The maximum Gasteiger partial charge on any atom is 0.338 e. The molecule has 2 rings (SSSR count). The van der Waals surface area contributed by atoms with E-state index in [1.807, 2.05) is 6.92 Å². The Morgan fingerprint density at radius 3 is 2.89 bits per heavy atom. The summed E-state index contributed by atoms with van der Waals surface area (Å²) in [5.41, 5.74) is 3.39. The zero-order chi connectivity index (χ0) is 13.3. The van der Waals surface area contributed by atoms with Crippen molar-refractivity contribution >= 4 is 27.5 Å². The van der Waals surface area contributed by atoms with Gasteiger partial charge in [0.15, 0.2) is 0 Å². The second kappa shape index (κ2) is 5.10. The lowest BCUT2D eigenvalue weighted by Gasteiger charge is -2.10.